The first-order chi connectivity index (χ1) is 11.6. The number of rotatable bonds is 6. The molecule has 0 radical (unpaired) electrons. The number of hydrogen-bond acceptors (Lipinski definition) is 3. The van der Waals surface area contributed by atoms with Crippen LogP contribution in [0.25, 0.3) is 0 Å². The molecule has 2 aromatic rings. The smallest absolute Gasteiger partial charge is 0.261 e. The van der Waals surface area contributed by atoms with E-state index in [0.29, 0.717) is 30.8 Å². The minimum Gasteiger partial charge on any atom is -0.349 e. The van der Waals surface area contributed by atoms with Gasteiger partial charge in [0.2, 0.25) is 5.91 Å². The number of nitrogens with one attached hydrogen (secondary N) is 1. The minimum absolute atomic E-state index is 0.0989. The third-order valence-corrected chi connectivity index (χ3v) is 5.02. The number of halogens is 1. The minimum atomic E-state index is -0.290. The summed E-state index contributed by atoms with van der Waals surface area (Å²) in [5.74, 6) is -0.329. The van der Waals surface area contributed by atoms with Gasteiger partial charge in [-0.25, -0.2) is 4.39 Å². The molecular weight excluding hydrogens is 327 g/mol. The van der Waals surface area contributed by atoms with Crippen LogP contribution >= 0.6 is 11.3 Å². The molecule has 6 heteroatoms. The molecule has 3 rings (SSSR count). The van der Waals surface area contributed by atoms with Crippen molar-refractivity contribution in [1.82, 2.24) is 10.2 Å². The van der Waals surface area contributed by atoms with Crippen molar-refractivity contribution in [3.63, 3.8) is 0 Å². The highest BCUT2D eigenvalue weighted by Gasteiger charge is 2.28. The molecule has 24 heavy (non-hydrogen) atoms. The first-order valence-electron chi connectivity index (χ1n) is 7.99. The van der Waals surface area contributed by atoms with E-state index < -0.39 is 0 Å². The Morgan fingerprint density at radius 1 is 1.33 bits per heavy atom. The summed E-state index contributed by atoms with van der Waals surface area (Å²) in [6, 6.07) is 9.82. The Morgan fingerprint density at radius 2 is 2.21 bits per heavy atom. The van der Waals surface area contributed by atoms with E-state index in [4.69, 9.17) is 0 Å². The molecule has 2 heterocycles. The van der Waals surface area contributed by atoms with Crippen molar-refractivity contribution in [2.24, 2.45) is 0 Å². The second kappa shape index (κ2) is 7.57. The van der Waals surface area contributed by atoms with Gasteiger partial charge >= 0.3 is 0 Å². The van der Waals surface area contributed by atoms with Crippen LogP contribution < -0.4 is 5.32 Å². The molecule has 1 atom stereocenters. The Hall–Kier alpha value is -2.21. The maximum absolute atomic E-state index is 13.4. The van der Waals surface area contributed by atoms with Gasteiger partial charge in [-0.05, 0) is 42.0 Å². The van der Waals surface area contributed by atoms with Crippen molar-refractivity contribution < 1.29 is 14.0 Å². The van der Waals surface area contributed by atoms with Crippen molar-refractivity contribution in [3.8, 4) is 0 Å². The average Bonchev–Trinajstić information content (AvgIpc) is 3.23. The van der Waals surface area contributed by atoms with Crippen molar-refractivity contribution in [2.75, 3.05) is 13.1 Å². The zero-order valence-corrected chi connectivity index (χ0v) is 14.0. The van der Waals surface area contributed by atoms with Gasteiger partial charge in [-0.3, -0.25) is 9.59 Å². The average molecular weight is 346 g/mol. The number of nitrogens with zero attached hydrogens (tertiary/aromatic N) is 1. The maximum Gasteiger partial charge on any atom is 0.261 e. The Balaban J connectivity index is 1.70. The number of hydrogen-bond donors (Lipinski definition) is 1. The predicted octanol–water partition coefficient (Wildman–Crippen LogP) is 2.85. The Morgan fingerprint density at radius 3 is 2.88 bits per heavy atom. The van der Waals surface area contributed by atoms with E-state index in [-0.39, 0.29) is 23.7 Å². The van der Waals surface area contributed by atoms with Gasteiger partial charge in [0.05, 0.1) is 10.9 Å². The molecule has 126 valence electrons. The number of carbonyl (C=O) groups excluding carboxylic acids is 2. The lowest BCUT2D eigenvalue weighted by molar-refractivity contribution is -0.129. The summed E-state index contributed by atoms with van der Waals surface area (Å²) < 4.78 is 13.4. The standard InChI is InChI=1S/C18H19FN2O2S/c19-14-5-1-4-13(10-14)11-15(21-8-2-7-17(21)22)12-20-18(23)16-6-3-9-24-16/h1,3-6,9-10,15H,2,7-8,11-12H2,(H,20,23). The normalized spacial score (nSPS) is 15.5. The molecule has 1 N–H and O–H groups in total. The summed E-state index contributed by atoms with van der Waals surface area (Å²) in [6.07, 6.45) is 1.89. The van der Waals surface area contributed by atoms with Crippen LogP contribution in [0.3, 0.4) is 0 Å². The molecule has 0 spiro atoms. The molecule has 0 bridgehead atoms. The summed E-state index contributed by atoms with van der Waals surface area (Å²) >= 11 is 1.38. The van der Waals surface area contributed by atoms with Crippen LogP contribution in [0.5, 0.6) is 0 Å². The van der Waals surface area contributed by atoms with Gasteiger partial charge in [-0.15, -0.1) is 11.3 Å². The van der Waals surface area contributed by atoms with E-state index in [1.807, 2.05) is 17.5 Å². The van der Waals surface area contributed by atoms with E-state index in [9.17, 15) is 14.0 Å². The van der Waals surface area contributed by atoms with Crippen LogP contribution in [-0.2, 0) is 11.2 Å². The quantitative estimate of drug-likeness (QED) is 0.874. The van der Waals surface area contributed by atoms with Gasteiger partial charge < -0.3 is 10.2 Å². The molecule has 1 saturated heterocycles. The van der Waals surface area contributed by atoms with Gasteiger partial charge in [0.25, 0.3) is 5.91 Å². The highest BCUT2D eigenvalue weighted by atomic mass is 32.1. The predicted molar refractivity (Wildman–Crippen MR) is 91.5 cm³/mol. The molecule has 1 fully saturated rings. The van der Waals surface area contributed by atoms with Gasteiger partial charge in [-0.2, -0.15) is 0 Å². The van der Waals surface area contributed by atoms with Gasteiger partial charge in [0, 0.05) is 19.5 Å². The van der Waals surface area contributed by atoms with E-state index in [0.717, 1.165) is 12.0 Å². The zero-order chi connectivity index (χ0) is 16.9. The van der Waals surface area contributed by atoms with Crippen molar-refractivity contribution in [2.45, 2.75) is 25.3 Å². The van der Waals surface area contributed by atoms with Crippen LogP contribution in [0.1, 0.15) is 28.1 Å². The van der Waals surface area contributed by atoms with E-state index >= 15 is 0 Å². The van der Waals surface area contributed by atoms with E-state index in [1.54, 1.807) is 17.0 Å². The summed E-state index contributed by atoms with van der Waals surface area (Å²) in [6.45, 7) is 1.05. The number of likely N-dealkylation sites (tertiary alicyclic amines) is 1. The first kappa shape index (κ1) is 16.6. The molecule has 4 nitrogen and oxygen atoms in total. The van der Waals surface area contributed by atoms with Crippen LogP contribution in [0.15, 0.2) is 41.8 Å². The summed E-state index contributed by atoms with van der Waals surface area (Å²) in [5, 5.41) is 4.75. The lowest BCUT2D eigenvalue weighted by atomic mass is 10.0. The third-order valence-electron chi connectivity index (χ3n) is 4.15. The second-order valence-corrected chi connectivity index (χ2v) is 6.81. The van der Waals surface area contributed by atoms with Crippen LogP contribution in [0, 0.1) is 5.82 Å². The molecule has 1 aliphatic heterocycles. The SMILES string of the molecule is O=C(NCC(Cc1cccc(F)c1)N1CCCC1=O)c1cccs1. The molecule has 1 aliphatic rings. The Labute approximate surface area is 144 Å². The van der Waals surface area contributed by atoms with Crippen molar-refractivity contribution >= 4 is 23.2 Å². The fourth-order valence-corrected chi connectivity index (χ4v) is 3.63. The monoisotopic (exact) mass is 346 g/mol. The summed E-state index contributed by atoms with van der Waals surface area (Å²) in [5.41, 5.74) is 0.824. The highest BCUT2D eigenvalue weighted by Crippen LogP contribution is 2.18. The summed E-state index contributed by atoms with van der Waals surface area (Å²) in [7, 11) is 0. The number of benzene rings is 1. The second-order valence-electron chi connectivity index (χ2n) is 5.87. The maximum atomic E-state index is 13.4. The van der Waals surface area contributed by atoms with E-state index in [2.05, 4.69) is 5.32 Å². The number of carbonyl (C=O) groups is 2. The molecule has 2 amide bonds. The molecule has 0 aliphatic carbocycles. The van der Waals surface area contributed by atoms with Gasteiger partial charge in [0.15, 0.2) is 0 Å². The molecule has 1 aromatic carbocycles. The van der Waals surface area contributed by atoms with Crippen molar-refractivity contribution in [3.05, 3.63) is 58.0 Å². The Bertz CT molecular complexity index is 718. The zero-order valence-electron chi connectivity index (χ0n) is 13.2. The summed E-state index contributed by atoms with van der Waals surface area (Å²) in [4.78, 5) is 26.7. The van der Waals surface area contributed by atoms with Gasteiger partial charge in [-0.1, -0.05) is 18.2 Å². The number of amides is 2. The fourth-order valence-electron chi connectivity index (χ4n) is 2.99. The van der Waals surface area contributed by atoms with Crippen molar-refractivity contribution in [1.29, 1.82) is 0 Å². The molecule has 1 aromatic heterocycles. The van der Waals surface area contributed by atoms with Crippen LogP contribution in [0.2, 0.25) is 0 Å². The lowest BCUT2D eigenvalue weighted by Gasteiger charge is -2.28. The van der Waals surface area contributed by atoms with Crippen LogP contribution in [-0.4, -0.2) is 35.8 Å². The van der Waals surface area contributed by atoms with Crippen LogP contribution in [0.4, 0.5) is 4.39 Å². The first-order valence-corrected chi connectivity index (χ1v) is 8.87. The molecule has 0 saturated carbocycles. The van der Waals surface area contributed by atoms with Gasteiger partial charge in [0.1, 0.15) is 5.82 Å². The third kappa shape index (κ3) is 4.00. The Kier molecular flexibility index (Phi) is 5.25. The molecular formula is C18H19FN2O2S. The van der Waals surface area contributed by atoms with E-state index in [1.165, 1.54) is 23.5 Å². The fraction of sp³-hybridized carbons (Fsp3) is 0.333. The topological polar surface area (TPSA) is 49.4 Å². The number of thiophene rings is 1. The largest absolute Gasteiger partial charge is 0.349 e. The highest BCUT2D eigenvalue weighted by molar-refractivity contribution is 7.12. The lowest BCUT2D eigenvalue weighted by Crippen LogP contribution is -2.45. The molecule has 1 unspecified atom stereocenters.